The minimum Gasteiger partial charge on any atom is -0.496 e. The Morgan fingerprint density at radius 1 is 1.17 bits per heavy atom. The van der Waals surface area contributed by atoms with Crippen LogP contribution >= 0.6 is 0 Å². The van der Waals surface area contributed by atoms with E-state index in [0.29, 0.717) is 18.1 Å². The summed E-state index contributed by atoms with van der Waals surface area (Å²) < 4.78 is 18.6. The summed E-state index contributed by atoms with van der Waals surface area (Å²) >= 11 is 0. The molecule has 0 spiro atoms. The van der Waals surface area contributed by atoms with E-state index < -0.39 is 0 Å². The molecule has 4 nitrogen and oxygen atoms in total. The summed E-state index contributed by atoms with van der Waals surface area (Å²) in [5, 5.41) is 6.51. The summed E-state index contributed by atoms with van der Waals surface area (Å²) in [6.45, 7) is 3.09. The molecular formula is C19H24FN3O. The second-order valence-corrected chi connectivity index (χ2v) is 5.50. The van der Waals surface area contributed by atoms with Gasteiger partial charge in [-0.05, 0) is 42.2 Å². The SMILES string of the molecule is CN=C(NCCc1ccccc1OC)NCc1ccc(F)c(C)c1. The predicted molar refractivity (Wildman–Crippen MR) is 96.0 cm³/mol. The second-order valence-electron chi connectivity index (χ2n) is 5.50. The molecule has 0 aliphatic heterocycles. The van der Waals surface area contributed by atoms with Crippen molar-refractivity contribution in [2.45, 2.75) is 19.9 Å². The lowest BCUT2D eigenvalue weighted by atomic mass is 10.1. The summed E-state index contributed by atoms with van der Waals surface area (Å²) in [6.07, 6.45) is 0.834. The summed E-state index contributed by atoms with van der Waals surface area (Å²) in [5.74, 6) is 1.42. The zero-order valence-corrected chi connectivity index (χ0v) is 14.4. The van der Waals surface area contributed by atoms with Crippen LogP contribution in [0.5, 0.6) is 5.75 Å². The Kier molecular flexibility index (Phi) is 6.61. The lowest BCUT2D eigenvalue weighted by Crippen LogP contribution is -2.37. The Morgan fingerprint density at radius 2 is 1.96 bits per heavy atom. The highest BCUT2D eigenvalue weighted by molar-refractivity contribution is 5.79. The average molecular weight is 329 g/mol. The number of benzene rings is 2. The van der Waals surface area contributed by atoms with Crippen molar-refractivity contribution in [3.63, 3.8) is 0 Å². The van der Waals surface area contributed by atoms with E-state index in [4.69, 9.17) is 4.74 Å². The first-order valence-electron chi connectivity index (χ1n) is 7.95. The molecule has 0 saturated carbocycles. The third kappa shape index (κ3) is 4.98. The number of hydrogen-bond donors (Lipinski definition) is 2. The van der Waals surface area contributed by atoms with Crippen LogP contribution in [0.3, 0.4) is 0 Å². The van der Waals surface area contributed by atoms with E-state index >= 15 is 0 Å². The maximum atomic E-state index is 13.3. The number of aliphatic imine (C=N–C) groups is 1. The number of hydrogen-bond acceptors (Lipinski definition) is 2. The van der Waals surface area contributed by atoms with Crippen molar-refractivity contribution >= 4 is 5.96 Å². The van der Waals surface area contributed by atoms with Crippen molar-refractivity contribution in [1.29, 1.82) is 0 Å². The van der Waals surface area contributed by atoms with Gasteiger partial charge in [-0.3, -0.25) is 4.99 Å². The molecule has 0 aromatic heterocycles. The molecule has 24 heavy (non-hydrogen) atoms. The van der Waals surface area contributed by atoms with Crippen molar-refractivity contribution in [2.24, 2.45) is 4.99 Å². The van der Waals surface area contributed by atoms with Crippen molar-refractivity contribution in [3.8, 4) is 5.75 Å². The van der Waals surface area contributed by atoms with Gasteiger partial charge in [0.25, 0.3) is 0 Å². The van der Waals surface area contributed by atoms with Crippen molar-refractivity contribution < 1.29 is 9.13 Å². The Labute approximate surface area is 142 Å². The highest BCUT2D eigenvalue weighted by atomic mass is 19.1. The lowest BCUT2D eigenvalue weighted by Gasteiger charge is -2.13. The smallest absolute Gasteiger partial charge is 0.191 e. The number of guanidine groups is 1. The molecule has 0 unspecified atom stereocenters. The fraction of sp³-hybridized carbons (Fsp3) is 0.316. The monoisotopic (exact) mass is 329 g/mol. The van der Waals surface area contributed by atoms with Crippen molar-refractivity contribution in [1.82, 2.24) is 10.6 Å². The molecule has 0 aliphatic carbocycles. The number of nitrogens with zero attached hydrogens (tertiary/aromatic N) is 1. The minimum absolute atomic E-state index is 0.182. The van der Waals surface area contributed by atoms with E-state index in [0.717, 1.165) is 29.8 Å². The van der Waals surface area contributed by atoms with Gasteiger partial charge in [-0.25, -0.2) is 4.39 Å². The van der Waals surface area contributed by atoms with E-state index in [-0.39, 0.29) is 5.82 Å². The number of rotatable bonds is 6. The zero-order valence-electron chi connectivity index (χ0n) is 14.4. The van der Waals surface area contributed by atoms with Crippen molar-refractivity contribution in [2.75, 3.05) is 20.7 Å². The molecular weight excluding hydrogens is 305 g/mol. The van der Waals surface area contributed by atoms with Crippen LogP contribution < -0.4 is 15.4 Å². The van der Waals surface area contributed by atoms with Crippen LogP contribution in [0.1, 0.15) is 16.7 Å². The van der Waals surface area contributed by atoms with E-state index in [1.165, 1.54) is 6.07 Å². The number of ether oxygens (including phenoxy) is 1. The third-order valence-corrected chi connectivity index (χ3v) is 3.79. The van der Waals surface area contributed by atoms with Crippen LogP contribution in [0.2, 0.25) is 0 Å². The normalized spacial score (nSPS) is 11.2. The van der Waals surface area contributed by atoms with E-state index in [2.05, 4.69) is 21.7 Å². The van der Waals surface area contributed by atoms with Gasteiger partial charge >= 0.3 is 0 Å². The fourth-order valence-electron chi connectivity index (χ4n) is 2.45. The van der Waals surface area contributed by atoms with Crippen LogP contribution in [0.4, 0.5) is 4.39 Å². The molecule has 0 fully saturated rings. The van der Waals surface area contributed by atoms with Crippen LogP contribution in [0.25, 0.3) is 0 Å². The molecule has 128 valence electrons. The molecule has 2 N–H and O–H groups in total. The topological polar surface area (TPSA) is 45.7 Å². The summed E-state index contributed by atoms with van der Waals surface area (Å²) in [6, 6.07) is 13.1. The van der Waals surface area contributed by atoms with E-state index in [1.807, 2.05) is 24.3 Å². The quantitative estimate of drug-likeness (QED) is 0.632. The molecule has 0 aliphatic rings. The molecule has 5 heteroatoms. The Bertz CT molecular complexity index is 701. The number of aryl methyl sites for hydroxylation is 1. The number of halogens is 1. The molecule has 2 rings (SSSR count). The maximum Gasteiger partial charge on any atom is 0.191 e. The predicted octanol–water partition coefficient (Wildman–Crippen LogP) is 3.05. The molecule has 2 aromatic rings. The van der Waals surface area contributed by atoms with Gasteiger partial charge in [0, 0.05) is 20.1 Å². The largest absolute Gasteiger partial charge is 0.496 e. The number of para-hydroxylation sites is 1. The van der Waals surface area contributed by atoms with Gasteiger partial charge in [-0.15, -0.1) is 0 Å². The van der Waals surface area contributed by atoms with Gasteiger partial charge in [0.1, 0.15) is 11.6 Å². The summed E-state index contributed by atoms with van der Waals surface area (Å²) in [4.78, 5) is 4.21. The van der Waals surface area contributed by atoms with Gasteiger partial charge in [-0.1, -0.05) is 30.3 Å². The molecule has 0 atom stereocenters. The minimum atomic E-state index is -0.182. The molecule has 0 saturated heterocycles. The first kappa shape index (κ1) is 17.8. The van der Waals surface area contributed by atoms with E-state index in [9.17, 15) is 4.39 Å². The molecule has 2 aromatic carbocycles. The third-order valence-electron chi connectivity index (χ3n) is 3.79. The first-order valence-corrected chi connectivity index (χ1v) is 7.95. The Morgan fingerprint density at radius 3 is 2.67 bits per heavy atom. The highest BCUT2D eigenvalue weighted by Gasteiger charge is 2.04. The summed E-state index contributed by atoms with van der Waals surface area (Å²) in [5.41, 5.74) is 2.81. The van der Waals surface area contributed by atoms with Crippen LogP contribution in [-0.4, -0.2) is 26.7 Å². The zero-order chi connectivity index (χ0) is 17.4. The van der Waals surface area contributed by atoms with Gasteiger partial charge in [0.05, 0.1) is 7.11 Å². The Hall–Kier alpha value is -2.56. The standard InChI is InChI=1S/C19H24FN3O/c1-14-12-15(8-9-17(14)20)13-23-19(21-2)22-11-10-16-6-4-5-7-18(16)24-3/h4-9,12H,10-11,13H2,1-3H3,(H2,21,22,23). The second kappa shape index (κ2) is 8.91. The fourth-order valence-corrected chi connectivity index (χ4v) is 2.45. The van der Waals surface area contributed by atoms with Crippen LogP contribution in [-0.2, 0) is 13.0 Å². The molecule has 0 amide bonds. The van der Waals surface area contributed by atoms with Crippen LogP contribution in [0, 0.1) is 12.7 Å². The first-order chi connectivity index (χ1) is 11.6. The van der Waals surface area contributed by atoms with Gasteiger partial charge in [0.15, 0.2) is 5.96 Å². The maximum absolute atomic E-state index is 13.3. The number of nitrogens with one attached hydrogen (secondary N) is 2. The van der Waals surface area contributed by atoms with Gasteiger partial charge < -0.3 is 15.4 Å². The highest BCUT2D eigenvalue weighted by Crippen LogP contribution is 2.17. The van der Waals surface area contributed by atoms with E-state index in [1.54, 1.807) is 27.1 Å². The van der Waals surface area contributed by atoms with Crippen molar-refractivity contribution in [3.05, 3.63) is 65.0 Å². The Balaban J connectivity index is 1.83. The summed E-state index contributed by atoms with van der Waals surface area (Å²) in [7, 11) is 3.41. The average Bonchev–Trinajstić information content (AvgIpc) is 2.61. The lowest BCUT2D eigenvalue weighted by molar-refractivity contribution is 0.409. The number of methoxy groups -OCH3 is 1. The molecule has 0 heterocycles. The van der Waals surface area contributed by atoms with Crippen LogP contribution in [0.15, 0.2) is 47.5 Å². The van der Waals surface area contributed by atoms with Gasteiger partial charge in [0.2, 0.25) is 0 Å². The molecule has 0 radical (unpaired) electrons. The van der Waals surface area contributed by atoms with Gasteiger partial charge in [-0.2, -0.15) is 0 Å². The molecule has 0 bridgehead atoms.